The molecular formula is C23H23N3O4. The van der Waals surface area contributed by atoms with Gasteiger partial charge < -0.3 is 15.0 Å². The van der Waals surface area contributed by atoms with Gasteiger partial charge in [-0.05, 0) is 29.5 Å². The molecule has 3 unspecified atom stereocenters. The molecule has 1 amide bonds. The lowest BCUT2D eigenvalue weighted by Crippen LogP contribution is -2.41. The number of ether oxygens (including phenoxy) is 1. The summed E-state index contributed by atoms with van der Waals surface area (Å²) in [6.07, 6.45) is 5.27. The van der Waals surface area contributed by atoms with E-state index in [1.54, 1.807) is 12.1 Å². The minimum Gasteiger partial charge on any atom is -0.378 e. The first-order valence-electron chi connectivity index (χ1n) is 10.3. The Morgan fingerprint density at radius 3 is 2.77 bits per heavy atom. The number of fused-ring (bicyclic) bond motifs is 3. The molecule has 1 aliphatic carbocycles. The van der Waals surface area contributed by atoms with E-state index >= 15 is 0 Å². The number of amides is 1. The van der Waals surface area contributed by atoms with Gasteiger partial charge in [-0.25, -0.2) is 0 Å². The normalized spacial score (nSPS) is 24.7. The summed E-state index contributed by atoms with van der Waals surface area (Å²) in [5.74, 6) is 0.442. The highest BCUT2D eigenvalue weighted by Crippen LogP contribution is 2.51. The molecule has 2 aromatic carbocycles. The third-order valence-corrected chi connectivity index (χ3v) is 6.37. The van der Waals surface area contributed by atoms with Crippen LogP contribution in [0.1, 0.15) is 39.9 Å². The number of hydrogen-bond donors (Lipinski definition) is 1. The summed E-state index contributed by atoms with van der Waals surface area (Å²) in [5, 5.41) is 14.9. The second kappa shape index (κ2) is 7.57. The Hall–Kier alpha value is -3.19. The smallest absolute Gasteiger partial charge is 0.269 e. The number of non-ortho nitro benzene ring substituents is 1. The van der Waals surface area contributed by atoms with Gasteiger partial charge in [0.15, 0.2) is 0 Å². The fourth-order valence-corrected chi connectivity index (χ4v) is 4.90. The zero-order valence-electron chi connectivity index (χ0n) is 16.5. The first-order chi connectivity index (χ1) is 14.6. The summed E-state index contributed by atoms with van der Waals surface area (Å²) in [7, 11) is 0. The van der Waals surface area contributed by atoms with E-state index in [9.17, 15) is 14.9 Å². The number of hydrogen-bond acceptors (Lipinski definition) is 5. The molecule has 7 nitrogen and oxygen atoms in total. The third-order valence-electron chi connectivity index (χ3n) is 6.37. The maximum atomic E-state index is 13.3. The van der Waals surface area contributed by atoms with E-state index in [0.717, 1.165) is 23.2 Å². The van der Waals surface area contributed by atoms with Gasteiger partial charge in [-0.3, -0.25) is 14.9 Å². The Kier molecular flexibility index (Phi) is 4.75. The maximum absolute atomic E-state index is 13.3. The number of nitro benzene ring substituents is 1. The van der Waals surface area contributed by atoms with Crippen molar-refractivity contribution in [3.63, 3.8) is 0 Å². The van der Waals surface area contributed by atoms with Crippen LogP contribution in [0, 0.1) is 16.0 Å². The Balaban J connectivity index is 1.55. The van der Waals surface area contributed by atoms with Gasteiger partial charge in [0, 0.05) is 31.1 Å². The molecule has 2 heterocycles. The van der Waals surface area contributed by atoms with Crippen molar-refractivity contribution in [3.05, 3.63) is 81.4 Å². The molecule has 30 heavy (non-hydrogen) atoms. The van der Waals surface area contributed by atoms with E-state index in [4.69, 9.17) is 4.74 Å². The lowest BCUT2D eigenvalue weighted by Gasteiger charge is -2.39. The zero-order chi connectivity index (χ0) is 20.7. The second-order valence-corrected chi connectivity index (χ2v) is 8.00. The van der Waals surface area contributed by atoms with E-state index in [0.29, 0.717) is 31.9 Å². The van der Waals surface area contributed by atoms with Crippen LogP contribution in [0.25, 0.3) is 0 Å². The van der Waals surface area contributed by atoms with Gasteiger partial charge in [-0.15, -0.1) is 0 Å². The number of anilines is 1. The van der Waals surface area contributed by atoms with Crippen LogP contribution in [0.5, 0.6) is 0 Å². The number of carbonyl (C=O) groups excluding carboxylic acids is 1. The predicted octanol–water partition coefficient (Wildman–Crippen LogP) is 3.89. The largest absolute Gasteiger partial charge is 0.378 e. The molecule has 7 heteroatoms. The molecule has 0 aromatic heterocycles. The summed E-state index contributed by atoms with van der Waals surface area (Å²) >= 11 is 0. The second-order valence-electron chi connectivity index (χ2n) is 8.00. The van der Waals surface area contributed by atoms with Gasteiger partial charge in [0.05, 0.1) is 35.4 Å². The van der Waals surface area contributed by atoms with Crippen LogP contribution in [0.4, 0.5) is 11.4 Å². The number of carbonyl (C=O) groups is 1. The zero-order valence-corrected chi connectivity index (χ0v) is 16.5. The third kappa shape index (κ3) is 3.15. The number of para-hydroxylation sites is 1. The summed E-state index contributed by atoms with van der Waals surface area (Å²) in [5.41, 5.74) is 3.58. The number of benzene rings is 2. The average molecular weight is 405 g/mol. The molecule has 0 bridgehead atoms. The lowest BCUT2D eigenvalue weighted by atomic mass is 9.76. The SMILES string of the molecule is O=C(c1cccc2c1NC(c1cccc([N+](=O)[O-])c1)C1CC=CC21)N1CCOCC1. The maximum Gasteiger partial charge on any atom is 0.269 e. The predicted molar refractivity (Wildman–Crippen MR) is 113 cm³/mol. The number of nitrogens with one attached hydrogen (secondary N) is 1. The fourth-order valence-electron chi connectivity index (χ4n) is 4.90. The molecule has 1 saturated heterocycles. The minimum absolute atomic E-state index is 0.000804. The van der Waals surface area contributed by atoms with Gasteiger partial charge in [-0.1, -0.05) is 36.4 Å². The number of nitro groups is 1. The molecule has 0 radical (unpaired) electrons. The number of allylic oxidation sites excluding steroid dienone is 2. The van der Waals surface area contributed by atoms with Gasteiger partial charge in [0.25, 0.3) is 11.6 Å². The topological polar surface area (TPSA) is 84.7 Å². The van der Waals surface area contributed by atoms with E-state index in [1.165, 1.54) is 6.07 Å². The highest BCUT2D eigenvalue weighted by Gasteiger charge is 2.40. The van der Waals surface area contributed by atoms with Gasteiger partial charge in [0.2, 0.25) is 0 Å². The van der Waals surface area contributed by atoms with Crippen molar-refractivity contribution < 1.29 is 14.5 Å². The van der Waals surface area contributed by atoms with Crippen LogP contribution in [-0.4, -0.2) is 42.0 Å². The molecule has 1 fully saturated rings. The molecular weight excluding hydrogens is 382 g/mol. The van der Waals surface area contributed by atoms with Crippen molar-refractivity contribution in [1.82, 2.24) is 4.90 Å². The number of nitrogens with zero attached hydrogens (tertiary/aromatic N) is 2. The van der Waals surface area contributed by atoms with E-state index in [2.05, 4.69) is 23.5 Å². The van der Waals surface area contributed by atoms with Gasteiger partial charge >= 0.3 is 0 Å². The Bertz CT molecular complexity index is 1030. The Morgan fingerprint density at radius 1 is 1.17 bits per heavy atom. The van der Waals surface area contributed by atoms with Crippen molar-refractivity contribution in [2.45, 2.75) is 18.4 Å². The highest BCUT2D eigenvalue weighted by molar-refractivity contribution is 6.01. The molecule has 3 atom stereocenters. The molecule has 0 spiro atoms. The van der Waals surface area contributed by atoms with Crippen LogP contribution in [0.15, 0.2) is 54.6 Å². The van der Waals surface area contributed by atoms with Gasteiger partial charge in [0.1, 0.15) is 0 Å². The van der Waals surface area contributed by atoms with Crippen molar-refractivity contribution >= 4 is 17.3 Å². The molecule has 154 valence electrons. The van der Waals surface area contributed by atoms with Crippen molar-refractivity contribution in [2.24, 2.45) is 5.92 Å². The summed E-state index contributed by atoms with van der Waals surface area (Å²) in [4.78, 5) is 26.0. The summed E-state index contributed by atoms with van der Waals surface area (Å²) < 4.78 is 5.39. The molecule has 2 aromatic rings. The van der Waals surface area contributed by atoms with Crippen LogP contribution in [-0.2, 0) is 4.74 Å². The first kappa shape index (κ1) is 18.8. The molecule has 5 rings (SSSR count). The van der Waals surface area contributed by atoms with Gasteiger partial charge in [-0.2, -0.15) is 0 Å². The summed E-state index contributed by atoms with van der Waals surface area (Å²) in [6, 6.07) is 12.6. The van der Waals surface area contributed by atoms with Crippen LogP contribution >= 0.6 is 0 Å². The monoisotopic (exact) mass is 405 g/mol. The average Bonchev–Trinajstić information content (AvgIpc) is 3.28. The Morgan fingerprint density at radius 2 is 1.97 bits per heavy atom. The number of morpholine rings is 1. The first-order valence-corrected chi connectivity index (χ1v) is 10.3. The quantitative estimate of drug-likeness (QED) is 0.476. The van der Waals surface area contributed by atoms with E-state index in [1.807, 2.05) is 23.1 Å². The molecule has 0 saturated carbocycles. The van der Waals surface area contributed by atoms with Crippen LogP contribution in [0.2, 0.25) is 0 Å². The molecule has 3 aliphatic rings. The lowest BCUT2D eigenvalue weighted by molar-refractivity contribution is -0.384. The summed E-state index contributed by atoms with van der Waals surface area (Å²) in [6.45, 7) is 2.28. The van der Waals surface area contributed by atoms with E-state index in [-0.39, 0.29) is 34.4 Å². The van der Waals surface area contributed by atoms with Crippen LogP contribution < -0.4 is 5.32 Å². The number of rotatable bonds is 3. The highest BCUT2D eigenvalue weighted by atomic mass is 16.6. The van der Waals surface area contributed by atoms with Crippen molar-refractivity contribution in [2.75, 3.05) is 31.6 Å². The molecule has 1 N–H and O–H groups in total. The van der Waals surface area contributed by atoms with E-state index < -0.39 is 0 Å². The fraction of sp³-hybridized carbons (Fsp3) is 0.348. The van der Waals surface area contributed by atoms with Crippen molar-refractivity contribution in [3.8, 4) is 0 Å². The van der Waals surface area contributed by atoms with Crippen LogP contribution in [0.3, 0.4) is 0 Å². The Labute approximate surface area is 174 Å². The standard InChI is InChI=1S/C23H23N3O4/c27-23(25-10-12-30-13-11-25)20-9-3-8-19-17-6-2-7-18(17)21(24-22(19)20)15-4-1-5-16(14-15)26(28)29/h1-6,8-9,14,17-18,21,24H,7,10-13H2. The molecule has 2 aliphatic heterocycles. The van der Waals surface area contributed by atoms with Crippen molar-refractivity contribution in [1.29, 1.82) is 0 Å². The minimum atomic E-state index is -0.363.